The van der Waals surface area contributed by atoms with Crippen LogP contribution in [-0.2, 0) is 18.5 Å². The highest BCUT2D eigenvalue weighted by molar-refractivity contribution is 5.80. The van der Waals surface area contributed by atoms with E-state index in [1.807, 2.05) is 76.2 Å². The van der Waals surface area contributed by atoms with E-state index in [0.29, 0.717) is 18.8 Å². The summed E-state index contributed by atoms with van der Waals surface area (Å²) in [7, 11) is 0. The van der Waals surface area contributed by atoms with Crippen LogP contribution in [0.15, 0.2) is 65.5 Å². The number of benzene rings is 2. The normalized spacial score (nSPS) is 12.0. The molecule has 0 unspecified atom stereocenters. The van der Waals surface area contributed by atoms with Crippen LogP contribution in [0.3, 0.4) is 0 Å². The Balaban J connectivity index is 1.66. The average molecular weight is 430 g/mol. The molecule has 0 spiro atoms. The summed E-state index contributed by atoms with van der Waals surface area (Å²) in [6, 6.07) is 16.2. The first-order chi connectivity index (χ1) is 15.4. The molecule has 0 aliphatic rings. The molecule has 0 atom stereocenters. The van der Waals surface area contributed by atoms with Crippen LogP contribution in [-0.4, -0.2) is 35.0 Å². The molecule has 164 valence electrons. The minimum absolute atomic E-state index is 0.0933. The van der Waals surface area contributed by atoms with E-state index < -0.39 is 0 Å². The van der Waals surface area contributed by atoms with Gasteiger partial charge in [-0.3, -0.25) is 4.57 Å². The van der Waals surface area contributed by atoms with Gasteiger partial charge in [0, 0.05) is 12.0 Å². The topological polar surface area (TPSA) is 94.3 Å². The summed E-state index contributed by atoms with van der Waals surface area (Å²) in [6.07, 6.45) is 4.61. The first kappa shape index (κ1) is 21.4. The summed E-state index contributed by atoms with van der Waals surface area (Å²) >= 11 is 0. The van der Waals surface area contributed by atoms with Crippen LogP contribution in [0.25, 0.3) is 22.5 Å². The number of nitrogens with one attached hydrogen (secondary N) is 1. The third-order valence-electron chi connectivity index (χ3n) is 5.24. The van der Waals surface area contributed by atoms with Crippen LogP contribution in [0.5, 0.6) is 0 Å². The number of allylic oxidation sites excluding steroid dienone is 2. The van der Waals surface area contributed by atoms with E-state index >= 15 is 0 Å². The van der Waals surface area contributed by atoms with E-state index in [-0.39, 0.29) is 11.2 Å². The van der Waals surface area contributed by atoms with Gasteiger partial charge in [-0.05, 0) is 54.8 Å². The number of rotatable bonds is 6. The van der Waals surface area contributed by atoms with Gasteiger partial charge in [0.25, 0.3) is 0 Å². The molecule has 0 radical (unpaired) electrons. The van der Waals surface area contributed by atoms with Crippen LogP contribution in [0.1, 0.15) is 39.1 Å². The molecular weight excluding hydrogens is 402 g/mol. The number of aromatic amines is 1. The first-order valence-electron chi connectivity index (χ1n) is 10.6. The quantitative estimate of drug-likeness (QED) is 0.470. The van der Waals surface area contributed by atoms with Crippen molar-refractivity contribution in [3.63, 3.8) is 0 Å². The number of nitrogens with zero attached hydrogens (tertiary/aromatic N) is 6. The predicted octanol–water partition coefficient (Wildman–Crippen LogP) is 3.81. The van der Waals surface area contributed by atoms with Crippen molar-refractivity contribution in [3.8, 4) is 22.5 Å². The second-order valence-electron chi connectivity index (χ2n) is 8.63. The summed E-state index contributed by atoms with van der Waals surface area (Å²) in [4.78, 5) is 13.1. The van der Waals surface area contributed by atoms with Crippen molar-refractivity contribution in [1.29, 1.82) is 0 Å². The monoisotopic (exact) mass is 429 g/mol. The van der Waals surface area contributed by atoms with E-state index in [0.717, 1.165) is 28.1 Å². The van der Waals surface area contributed by atoms with Gasteiger partial charge in [-0.1, -0.05) is 60.7 Å². The van der Waals surface area contributed by atoms with E-state index in [1.165, 1.54) is 0 Å². The lowest BCUT2D eigenvalue weighted by molar-refractivity contribution is 0.340. The Morgan fingerprint density at radius 1 is 1.03 bits per heavy atom. The molecule has 2 heterocycles. The molecule has 0 fully saturated rings. The molecule has 8 nitrogen and oxygen atoms in total. The van der Waals surface area contributed by atoms with Gasteiger partial charge in [0.05, 0.1) is 12.1 Å². The fraction of sp³-hybridized carbons (Fsp3) is 0.292. The van der Waals surface area contributed by atoms with Gasteiger partial charge in [-0.25, -0.2) is 14.6 Å². The smallest absolute Gasteiger partial charge is 0.274 e. The second-order valence-corrected chi connectivity index (χ2v) is 8.63. The van der Waals surface area contributed by atoms with Gasteiger partial charge in [0.2, 0.25) is 0 Å². The molecule has 32 heavy (non-hydrogen) atoms. The number of H-pyrrole nitrogens is 1. The molecule has 0 amide bonds. The van der Waals surface area contributed by atoms with Crippen LogP contribution in [0, 0.1) is 0 Å². The molecule has 4 rings (SSSR count). The molecule has 4 aromatic rings. The Bertz CT molecular complexity index is 1270. The van der Waals surface area contributed by atoms with Crippen LogP contribution < -0.4 is 5.69 Å². The van der Waals surface area contributed by atoms with E-state index in [9.17, 15) is 4.79 Å². The maximum atomic E-state index is 13.1. The molecule has 2 aromatic carbocycles. The van der Waals surface area contributed by atoms with Gasteiger partial charge < -0.3 is 0 Å². The second kappa shape index (κ2) is 8.74. The maximum absolute atomic E-state index is 13.1. The van der Waals surface area contributed by atoms with E-state index in [2.05, 4.69) is 37.9 Å². The molecule has 0 saturated carbocycles. The molecule has 0 bridgehead atoms. The number of hydrogen-bond acceptors (Lipinski definition) is 5. The van der Waals surface area contributed by atoms with Gasteiger partial charge in [-0.2, -0.15) is 5.10 Å². The van der Waals surface area contributed by atoms with Crippen molar-refractivity contribution in [2.45, 2.75) is 46.2 Å². The molecule has 2 aromatic heterocycles. The number of tetrazole rings is 1. The van der Waals surface area contributed by atoms with Crippen LogP contribution >= 0.6 is 0 Å². The van der Waals surface area contributed by atoms with Gasteiger partial charge in [0.1, 0.15) is 5.82 Å². The lowest BCUT2D eigenvalue weighted by Crippen LogP contribution is -2.36. The zero-order chi connectivity index (χ0) is 22.7. The van der Waals surface area contributed by atoms with Crippen molar-refractivity contribution in [1.82, 2.24) is 35.0 Å². The van der Waals surface area contributed by atoms with E-state index in [1.54, 1.807) is 9.25 Å². The molecule has 0 aliphatic carbocycles. The Morgan fingerprint density at radius 2 is 1.75 bits per heavy atom. The van der Waals surface area contributed by atoms with Crippen molar-refractivity contribution < 1.29 is 0 Å². The fourth-order valence-electron chi connectivity index (χ4n) is 3.59. The molecular formula is C24H27N7O. The van der Waals surface area contributed by atoms with Gasteiger partial charge >= 0.3 is 5.69 Å². The zero-order valence-corrected chi connectivity index (χ0v) is 18.8. The lowest BCUT2D eigenvalue weighted by atomic mass is 9.98. The summed E-state index contributed by atoms with van der Waals surface area (Å²) in [5.74, 6) is 1.38. The predicted molar refractivity (Wildman–Crippen MR) is 124 cm³/mol. The highest BCUT2D eigenvalue weighted by Gasteiger charge is 2.22. The van der Waals surface area contributed by atoms with Gasteiger partial charge in [0.15, 0.2) is 5.82 Å². The summed E-state index contributed by atoms with van der Waals surface area (Å²) in [6.45, 7) is 8.40. The van der Waals surface area contributed by atoms with Crippen molar-refractivity contribution in [3.05, 3.63) is 82.6 Å². The van der Waals surface area contributed by atoms with Crippen LogP contribution in [0.2, 0.25) is 0 Å². The van der Waals surface area contributed by atoms with Gasteiger partial charge in [-0.15, -0.1) is 5.10 Å². The van der Waals surface area contributed by atoms with Crippen molar-refractivity contribution in [2.24, 2.45) is 0 Å². The standard InChI is InChI=1S/C24H27N7O/c1-5-6-11-21-27-31(24(2,3)4)23(32)30(21)16-17-12-14-18(15-13-17)19-9-7-8-10-20(19)22-25-28-29-26-22/h5-10,12-15H,11,16H2,1-4H3,(H,25,26,28,29). The van der Waals surface area contributed by atoms with Crippen molar-refractivity contribution >= 4 is 0 Å². The summed E-state index contributed by atoms with van der Waals surface area (Å²) in [5.41, 5.74) is 3.57. The highest BCUT2D eigenvalue weighted by Crippen LogP contribution is 2.29. The Kier molecular flexibility index (Phi) is 5.85. The minimum atomic E-state index is -0.379. The summed E-state index contributed by atoms with van der Waals surface area (Å²) in [5, 5.41) is 18.9. The lowest BCUT2D eigenvalue weighted by Gasteiger charge is -2.16. The molecule has 0 aliphatic heterocycles. The Labute approximate surface area is 186 Å². The van der Waals surface area contributed by atoms with Crippen molar-refractivity contribution in [2.75, 3.05) is 0 Å². The zero-order valence-electron chi connectivity index (χ0n) is 18.8. The Hall–Kier alpha value is -3.81. The molecule has 8 heteroatoms. The minimum Gasteiger partial charge on any atom is -0.274 e. The number of hydrogen-bond donors (Lipinski definition) is 1. The highest BCUT2D eigenvalue weighted by atomic mass is 16.2. The van der Waals surface area contributed by atoms with Crippen LogP contribution in [0.4, 0.5) is 0 Å². The molecule has 1 N–H and O–H groups in total. The fourth-order valence-corrected chi connectivity index (χ4v) is 3.59. The third kappa shape index (κ3) is 4.30. The first-order valence-corrected chi connectivity index (χ1v) is 10.6. The maximum Gasteiger partial charge on any atom is 0.346 e. The summed E-state index contributed by atoms with van der Waals surface area (Å²) < 4.78 is 3.33. The number of aromatic nitrogens is 7. The van der Waals surface area contributed by atoms with E-state index in [4.69, 9.17) is 0 Å². The SMILES string of the molecule is CC=CCc1nn(C(C)(C)C)c(=O)n1Cc1ccc(-c2ccccc2-c2nnn[nH]2)cc1. The Morgan fingerprint density at radius 3 is 2.38 bits per heavy atom. The average Bonchev–Trinajstić information content (AvgIpc) is 3.42. The molecule has 0 saturated heterocycles. The largest absolute Gasteiger partial charge is 0.346 e. The third-order valence-corrected chi connectivity index (χ3v) is 5.24.